The molecule has 0 aromatic rings. The van der Waals surface area contributed by atoms with Crippen LogP contribution in [-0.2, 0) is 4.79 Å². The van der Waals surface area contributed by atoms with E-state index < -0.39 is 0 Å². The number of amides is 1. The maximum atomic E-state index is 12.5. The van der Waals surface area contributed by atoms with Crippen molar-refractivity contribution in [2.45, 2.75) is 58.5 Å². The fourth-order valence-corrected chi connectivity index (χ4v) is 3.36. The summed E-state index contributed by atoms with van der Waals surface area (Å²) in [5, 5.41) is 3.40. The van der Waals surface area contributed by atoms with Crippen LogP contribution in [0.15, 0.2) is 0 Å². The van der Waals surface area contributed by atoms with Gasteiger partial charge in [-0.1, -0.05) is 20.3 Å². The van der Waals surface area contributed by atoms with Gasteiger partial charge in [-0.3, -0.25) is 4.79 Å². The molecule has 1 amide bonds. The zero-order chi connectivity index (χ0) is 12.4. The summed E-state index contributed by atoms with van der Waals surface area (Å²) in [4.78, 5) is 14.6. The molecule has 0 spiro atoms. The zero-order valence-electron chi connectivity index (χ0n) is 11.4. The van der Waals surface area contributed by atoms with Crippen LogP contribution in [0, 0.1) is 11.8 Å². The SMILES string of the molecule is CCC1CCNC(C(=O)N2CC(C)CC2C)C1. The zero-order valence-corrected chi connectivity index (χ0v) is 11.4. The number of hydrogen-bond donors (Lipinski definition) is 1. The molecule has 2 saturated heterocycles. The average Bonchev–Trinajstić information content (AvgIpc) is 2.67. The molecular formula is C14H26N2O. The average molecular weight is 238 g/mol. The first kappa shape index (κ1) is 12.9. The van der Waals surface area contributed by atoms with Crippen LogP contribution < -0.4 is 5.32 Å². The number of carbonyl (C=O) groups is 1. The summed E-state index contributed by atoms with van der Waals surface area (Å²) in [7, 11) is 0. The summed E-state index contributed by atoms with van der Waals surface area (Å²) in [6, 6.07) is 0.516. The highest BCUT2D eigenvalue weighted by molar-refractivity contribution is 5.82. The largest absolute Gasteiger partial charge is 0.338 e. The monoisotopic (exact) mass is 238 g/mol. The van der Waals surface area contributed by atoms with Crippen LogP contribution in [0.2, 0.25) is 0 Å². The number of hydrogen-bond acceptors (Lipinski definition) is 2. The second-order valence-corrected chi connectivity index (χ2v) is 5.99. The molecule has 2 rings (SSSR count). The second kappa shape index (κ2) is 5.38. The predicted molar refractivity (Wildman–Crippen MR) is 69.8 cm³/mol. The van der Waals surface area contributed by atoms with Gasteiger partial charge in [0, 0.05) is 12.6 Å². The van der Waals surface area contributed by atoms with Gasteiger partial charge in [0.25, 0.3) is 0 Å². The number of piperidine rings is 1. The molecule has 3 heteroatoms. The quantitative estimate of drug-likeness (QED) is 0.798. The third-order valence-corrected chi connectivity index (χ3v) is 4.45. The molecule has 2 fully saturated rings. The minimum atomic E-state index is 0.0847. The smallest absolute Gasteiger partial charge is 0.239 e. The van der Waals surface area contributed by atoms with Crippen LogP contribution in [0.3, 0.4) is 0 Å². The Balaban J connectivity index is 1.95. The van der Waals surface area contributed by atoms with Gasteiger partial charge >= 0.3 is 0 Å². The lowest BCUT2D eigenvalue weighted by molar-refractivity contribution is -0.135. The Labute approximate surface area is 105 Å². The lowest BCUT2D eigenvalue weighted by Gasteiger charge is -2.33. The molecule has 3 nitrogen and oxygen atoms in total. The van der Waals surface area contributed by atoms with Gasteiger partial charge in [-0.05, 0) is 44.6 Å². The molecule has 1 N–H and O–H groups in total. The van der Waals surface area contributed by atoms with Crippen LogP contribution in [-0.4, -0.2) is 36.0 Å². The van der Waals surface area contributed by atoms with Gasteiger partial charge in [0.1, 0.15) is 0 Å². The fraction of sp³-hybridized carbons (Fsp3) is 0.929. The van der Waals surface area contributed by atoms with E-state index in [-0.39, 0.29) is 6.04 Å². The molecule has 0 saturated carbocycles. The van der Waals surface area contributed by atoms with Gasteiger partial charge in [0.15, 0.2) is 0 Å². The van der Waals surface area contributed by atoms with Crippen molar-refractivity contribution in [3.05, 3.63) is 0 Å². The lowest BCUT2D eigenvalue weighted by Crippen LogP contribution is -2.51. The number of likely N-dealkylation sites (tertiary alicyclic amines) is 1. The van der Waals surface area contributed by atoms with Crippen molar-refractivity contribution in [1.29, 1.82) is 0 Å². The Morgan fingerprint density at radius 3 is 2.71 bits per heavy atom. The van der Waals surface area contributed by atoms with Gasteiger partial charge in [-0.15, -0.1) is 0 Å². The summed E-state index contributed by atoms with van der Waals surface area (Å²) >= 11 is 0. The van der Waals surface area contributed by atoms with Crippen LogP contribution >= 0.6 is 0 Å². The summed E-state index contributed by atoms with van der Waals surface area (Å²) in [5.41, 5.74) is 0. The van der Waals surface area contributed by atoms with E-state index in [1.807, 2.05) is 0 Å². The first-order valence-electron chi connectivity index (χ1n) is 7.15. The molecule has 0 bridgehead atoms. The number of rotatable bonds is 2. The van der Waals surface area contributed by atoms with E-state index in [9.17, 15) is 4.79 Å². The lowest BCUT2D eigenvalue weighted by atomic mass is 9.90. The van der Waals surface area contributed by atoms with Crippen molar-refractivity contribution in [1.82, 2.24) is 10.2 Å². The van der Waals surface area contributed by atoms with E-state index in [1.54, 1.807) is 0 Å². The Bertz CT molecular complexity index is 279. The third-order valence-electron chi connectivity index (χ3n) is 4.45. The van der Waals surface area contributed by atoms with E-state index in [1.165, 1.54) is 12.8 Å². The Morgan fingerprint density at radius 2 is 2.12 bits per heavy atom. The first-order chi connectivity index (χ1) is 8.11. The molecule has 98 valence electrons. The maximum absolute atomic E-state index is 12.5. The number of nitrogens with one attached hydrogen (secondary N) is 1. The molecule has 2 aliphatic heterocycles. The normalized spacial score (nSPS) is 38.4. The second-order valence-electron chi connectivity index (χ2n) is 5.99. The molecular weight excluding hydrogens is 212 g/mol. The standard InChI is InChI=1S/C14H26N2O/c1-4-12-5-6-15-13(8-12)14(17)16-9-10(2)7-11(16)3/h10-13,15H,4-9H2,1-3H3. The van der Waals surface area contributed by atoms with Gasteiger partial charge < -0.3 is 10.2 Å². The molecule has 0 aliphatic carbocycles. The topological polar surface area (TPSA) is 32.3 Å². The van der Waals surface area contributed by atoms with Crippen LogP contribution in [0.1, 0.15) is 46.5 Å². The van der Waals surface area contributed by atoms with E-state index in [0.717, 1.165) is 31.8 Å². The van der Waals surface area contributed by atoms with Gasteiger partial charge in [0.05, 0.1) is 6.04 Å². The van der Waals surface area contributed by atoms with Gasteiger partial charge in [-0.25, -0.2) is 0 Å². The van der Waals surface area contributed by atoms with E-state index >= 15 is 0 Å². The van der Waals surface area contributed by atoms with Crippen molar-refractivity contribution in [3.63, 3.8) is 0 Å². The van der Waals surface area contributed by atoms with E-state index in [4.69, 9.17) is 0 Å². The molecule has 4 atom stereocenters. The predicted octanol–water partition coefficient (Wildman–Crippen LogP) is 2.02. The van der Waals surface area contributed by atoms with E-state index in [0.29, 0.717) is 17.9 Å². The minimum absolute atomic E-state index is 0.0847. The molecule has 2 heterocycles. The molecule has 0 radical (unpaired) electrons. The van der Waals surface area contributed by atoms with E-state index in [2.05, 4.69) is 31.0 Å². The fourth-order valence-electron chi connectivity index (χ4n) is 3.36. The Hall–Kier alpha value is -0.570. The van der Waals surface area contributed by atoms with Crippen LogP contribution in [0.25, 0.3) is 0 Å². The summed E-state index contributed by atoms with van der Waals surface area (Å²) in [6.07, 6.45) is 4.63. The van der Waals surface area contributed by atoms with Crippen molar-refractivity contribution >= 4 is 5.91 Å². The number of nitrogens with zero attached hydrogens (tertiary/aromatic N) is 1. The van der Waals surface area contributed by atoms with Gasteiger partial charge in [-0.2, -0.15) is 0 Å². The minimum Gasteiger partial charge on any atom is -0.338 e. The molecule has 17 heavy (non-hydrogen) atoms. The van der Waals surface area contributed by atoms with Crippen molar-refractivity contribution in [2.24, 2.45) is 11.8 Å². The summed E-state index contributed by atoms with van der Waals surface area (Å²) in [6.45, 7) is 8.62. The third kappa shape index (κ3) is 2.82. The molecule has 0 aromatic heterocycles. The molecule has 2 aliphatic rings. The molecule has 0 aromatic carbocycles. The molecule has 4 unspecified atom stereocenters. The van der Waals surface area contributed by atoms with Crippen molar-refractivity contribution < 1.29 is 4.79 Å². The highest BCUT2D eigenvalue weighted by Gasteiger charge is 2.35. The first-order valence-corrected chi connectivity index (χ1v) is 7.15. The van der Waals surface area contributed by atoms with Crippen LogP contribution in [0.5, 0.6) is 0 Å². The van der Waals surface area contributed by atoms with Gasteiger partial charge in [0.2, 0.25) is 5.91 Å². The highest BCUT2D eigenvalue weighted by Crippen LogP contribution is 2.26. The number of carbonyl (C=O) groups excluding carboxylic acids is 1. The summed E-state index contributed by atoms with van der Waals surface area (Å²) in [5.74, 6) is 1.75. The van der Waals surface area contributed by atoms with Crippen molar-refractivity contribution in [3.8, 4) is 0 Å². The maximum Gasteiger partial charge on any atom is 0.239 e. The Kier molecular flexibility index (Phi) is 4.08. The van der Waals surface area contributed by atoms with Crippen molar-refractivity contribution in [2.75, 3.05) is 13.1 Å². The Morgan fingerprint density at radius 1 is 1.35 bits per heavy atom. The van der Waals surface area contributed by atoms with Crippen LogP contribution in [0.4, 0.5) is 0 Å². The highest BCUT2D eigenvalue weighted by atomic mass is 16.2. The summed E-state index contributed by atoms with van der Waals surface area (Å²) < 4.78 is 0.